The monoisotopic (exact) mass is 313 g/mol. The summed E-state index contributed by atoms with van der Waals surface area (Å²) in [5.74, 6) is -0.211. The van der Waals surface area contributed by atoms with Crippen LogP contribution in [0.4, 0.5) is 0 Å². The second-order valence-corrected chi connectivity index (χ2v) is 6.13. The Labute approximate surface area is 139 Å². The van der Waals surface area contributed by atoms with Gasteiger partial charge in [-0.1, -0.05) is 48.5 Å². The molecule has 0 radical (unpaired) electrons. The Hall–Kier alpha value is -3.07. The highest BCUT2D eigenvalue weighted by molar-refractivity contribution is 6.05. The third kappa shape index (κ3) is 1.75. The van der Waals surface area contributed by atoms with Crippen molar-refractivity contribution in [1.82, 2.24) is 4.40 Å². The van der Waals surface area contributed by atoms with Gasteiger partial charge in [0.2, 0.25) is 0 Å². The molecule has 0 bridgehead atoms. The van der Waals surface area contributed by atoms with Gasteiger partial charge in [-0.15, -0.1) is 0 Å². The van der Waals surface area contributed by atoms with Gasteiger partial charge in [-0.05, 0) is 29.3 Å². The molecule has 2 aromatic heterocycles. The van der Waals surface area contributed by atoms with Gasteiger partial charge in [0.05, 0.1) is 16.6 Å². The smallest absolute Gasteiger partial charge is 0.340 e. The quantitative estimate of drug-likeness (QED) is 0.488. The van der Waals surface area contributed by atoms with Crippen LogP contribution in [0.3, 0.4) is 0 Å². The zero-order chi connectivity index (χ0) is 16.1. The van der Waals surface area contributed by atoms with Gasteiger partial charge >= 0.3 is 5.97 Å². The van der Waals surface area contributed by atoms with Crippen molar-refractivity contribution >= 4 is 22.4 Å². The number of hydrogen-bond acceptors (Lipinski definition) is 2. The fourth-order valence-corrected chi connectivity index (χ4v) is 3.81. The highest BCUT2D eigenvalue weighted by Gasteiger charge is 2.30. The molecule has 1 aliphatic rings. The van der Waals surface area contributed by atoms with Gasteiger partial charge in [-0.3, -0.25) is 0 Å². The summed E-state index contributed by atoms with van der Waals surface area (Å²) in [7, 11) is 0. The van der Waals surface area contributed by atoms with Crippen molar-refractivity contribution in [2.24, 2.45) is 0 Å². The van der Waals surface area contributed by atoms with Gasteiger partial charge in [0, 0.05) is 17.5 Å². The zero-order valence-corrected chi connectivity index (χ0v) is 13.0. The first-order valence-corrected chi connectivity index (χ1v) is 8.08. The van der Waals surface area contributed by atoms with Crippen molar-refractivity contribution in [1.29, 1.82) is 0 Å². The van der Waals surface area contributed by atoms with Crippen LogP contribution in [-0.4, -0.2) is 17.0 Å². The lowest BCUT2D eigenvalue weighted by molar-refractivity contribution is 0.0501. The molecule has 3 heterocycles. The summed E-state index contributed by atoms with van der Waals surface area (Å²) in [6.45, 7) is 0.362. The maximum absolute atomic E-state index is 12.5. The van der Waals surface area contributed by atoms with Crippen LogP contribution in [0, 0.1) is 0 Å². The molecule has 0 amide bonds. The van der Waals surface area contributed by atoms with Crippen LogP contribution >= 0.6 is 0 Å². The number of esters is 1. The number of hydrogen-bond donors (Lipinski definition) is 0. The number of rotatable bonds is 1. The van der Waals surface area contributed by atoms with Crippen molar-refractivity contribution < 1.29 is 9.53 Å². The van der Waals surface area contributed by atoms with Crippen molar-refractivity contribution in [3.63, 3.8) is 0 Å². The van der Waals surface area contributed by atoms with Crippen molar-refractivity contribution in [3.8, 4) is 0 Å². The Bertz CT molecular complexity index is 1080. The van der Waals surface area contributed by atoms with Gasteiger partial charge in [0.25, 0.3) is 0 Å². The Kier molecular flexibility index (Phi) is 2.77. The number of pyridine rings is 1. The minimum Gasteiger partial charge on any atom is -0.461 e. The molecular formula is C21H15NO2. The summed E-state index contributed by atoms with van der Waals surface area (Å²) in [6, 6.07) is 22.4. The molecule has 4 aromatic rings. The third-order valence-electron chi connectivity index (χ3n) is 4.85. The average molecular weight is 313 g/mol. The topological polar surface area (TPSA) is 30.7 Å². The van der Waals surface area contributed by atoms with Gasteiger partial charge < -0.3 is 9.14 Å². The first-order chi connectivity index (χ1) is 11.8. The van der Waals surface area contributed by atoms with E-state index in [1.54, 1.807) is 0 Å². The number of aromatic nitrogens is 1. The molecular weight excluding hydrogens is 298 g/mol. The van der Waals surface area contributed by atoms with Crippen LogP contribution in [0.25, 0.3) is 16.4 Å². The maximum Gasteiger partial charge on any atom is 0.340 e. The van der Waals surface area contributed by atoms with Crippen molar-refractivity contribution in [2.75, 3.05) is 6.61 Å². The fourth-order valence-electron chi connectivity index (χ4n) is 3.81. The Morgan fingerprint density at radius 3 is 2.58 bits per heavy atom. The number of carbonyl (C=O) groups is 1. The van der Waals surface area contributed by atoms with Crippen LogP contribution in [0.2, 0.25) is 0 Å². The molecule has 0 N–H and O–H groups in total. The predicted octanol–water partition coefficient (Wildman–Crippen LogP) is 4.39. The molecule has 0 unspecified atom stereocenters. The molecule has 1 atom stereocenters. The molecule has 0 fully saturated rings. The number of benzene rings is 2. The van der Waals surface area contributed by atoms with Gasteiger partial charge in [-0.25, -0.2) is 4.79 Å². The molecule has 116 valence electrons. The van der Waals surface area contributed by atoms with Crippen LogP contribution in [0.1, 0.15) is 27.4 Å². The lowest BCUT2D eigenvalue weighted by atomic mass is 9.90. The van der Waals surface area contributed by atoms with Crippen LogP contribution in [0.15, 0.2) is 72.9 Å². The molecule has 5 rings (SSSR count). The summed E-state index contributed by atoms with van der Waals surface area (Å²) < 4.78 is 7.71. The van der Waals surface area contributed by atoms with E-state index in [1.165, 1.54) is 16.5 Å². The van der Waals surface area contributed by atoms with Gasteiger partial charge in [-0.2, -0.15) is 0 Å². The Balaban J connectivity index is 1.95. The number of ether oxygens (including phenoxy) is 1. The van der Waals surface area contributed by atoms with E-state index in [4.69, 9.17) is 4.74 Å². The minimum absolute atomic E-state index is 0.0358. The van der Waals surface area contributed by atoms with E-state index in [2.05, 4.69) is 28.7 Å². The Morgan fingerprint density at radius 2 is 1.71 bits per heavy atom. The number of cyclic esters (lactones) is 1. The first-order valence-electron chi connectivity index (χ1n) is 8.08. The molecule has 0 aliphatic carbocycles. The largest absolute Gasteiger partial charge is 0.461 e. The second-order valence-electron chi connectivity index (χ2n) is 6.13. The van der Waals surface area contributed by atoms with E-state index >= 15 is 0 Å². The molecule has 0 saturated carbocycles. The molecule has 1 aliphatic heterocycles. The first kappa shape index (κ1) is 13.4. The summed E-state index contributed by atoms with van der Waals surface area (Å²) in [6.07, 6.45) is 2.02. The summed E-state index contributed by atoms with van der Waals surface area (Å²) in [5.41, 5.74) is 5.08. The highest BCUT2D eigenvalue weighted by Crippen LogP contribution is 2.39. The van der Waals surface area contributed by atoms with Crippen LogP contribution in [0.5, 0.6) is 0 Å². The Morgan fingerprint density at radius 1 is 0.917 bits per heavy atom. The van der Waals surface area contributed by atoms with Crippen molar-refractivity contribution in [2.45, 2.75) is 5.92 Å². The number of para-hydroxylation sites is 1. The SMILES string of the molecule is O=C1OC[C@H](c2ccccc2)c2c3ccccc3n3cccc1c23. The molecule has 3 heteroatoms. The predicted molar refractivity (Wildman–Crippen MR) is 93.5 cm³/mol. The zero-order valence-electron chi connectivity index (χ0n) is 13.0. The average Bonchev–Trinajstić information content (AvgIpc) is 2.89. The number of fused-ring (bicyclic) bond motifs is 3. The summed E-state index contributed by atoms with van der Waals surface area (Å²) in [4.78, 5) is 12.5. The fraction of sp³-hybridized carbons (Fsp3) is 0.0952. The van der Waals surface area contributed by atoms with E-state index in [9.17, 15) is 4.79 Å². The van der Waals surface area contributed by atoms with Crippen LogP contribution in [-0.2, 0) is 4.74 Å². The third-order valence-corrected chi connectivity index (χ3v) is 4.85. The van der Waals surface area contributed by atoms with E-state index in [1.807, 2.05) is 48.7 Å². The lowest BCUT2D eigenvalue weighted by Crippen LogP contribution is -2.10. The van der Waals surface area contributed by atoms with Gasteiger partial charge in [0.15, 0.2) is 0 Å². The number of nitrogens with zero attached hydrogens (tertiary/aromatic N) is 1. The lowest BCUT2D eigenvalue weighted by Gasteiger charge is -2.15. The van der Waals surface area contributed by atoms with E-state index in [0.29, 0.717) is 12.2 Å². The molecule has 0 saturated heterocycles. The van der Waals surface area contributed by atoms with Crippen LogP contribution < -0.4 is 0 Å². The van der Waals surface area contributed by atoms with Crippen molar-refractivity contribution in [3.05, 3.63) is 89.6 Å². The standard InChI is InChI=1S/C21H15NO2/c23-21-16-10-6-12-22-18-11-5-4-9-15(18)19(20(16)22)17(13-24-21)14-7-2-1-3-8-14/h1-12,17H,13H2/t17-/m1/s1. The summed E-state index contributed by atoms with van der Waals surface area (Å²) >= 11 is 0. The molecule has 3 nitrogen and oxygen atoms in total. The summed E-state index contributed by atoms with van der Waals surface area (Å²) in [5, 5.41) is 1.18. The number of carbonyl (C=O) groups excluding carboxylic acids is 1. The van der Waals surface area contributed by atoms with E-state index in [-0.39, 0.29) is 11.9 Å². The second kappa shape index (κ2) is 4.96. The minimum atomic E-state index is -0.247. The van der Waals surface area contributed by atoms with Gasteiger partial charge in [0.1, 0.15) is 6.61 Å². The van der Waals surface area contributed by atoms with E-state index < -0.39 is 0 Å². The highest BCUT2D eigenvalue weighted by atomic mass is 16.5. The molecule has 24 heavy (non-hydrogen) atoms. The molecule has 2 aromatic carbocycles. The normalized spacial score (nSPS) is 17.0. The molecule has 0 spiro atoms. The maximum atomic E-state index is 12.5. The van der Waals surface area contributed by atoms with E-state index in [0.717, 1.165) is 11.0 Å².